The van der Waals surface area contributed by atoms with Gasteiger partial charge in [0.05, 0.1) is 17.2 Å². The zero-order chi connectivity index (χ0) is 21.6. The first kappa shape index (κ1) is 20.9. The minimum absolute atomic E-state index is 0.00279. The quantitative estimate of drug-likeness (QED) is 0.389. The van der Waals surface area contributed by atoms with E-state index in [0.717, 1.165) is 46.9 Å². The molecule has 2 N–H and O–H groups in total. The highest BCUT2D eigenvalue weighted by atomic mass is 32.1. The number of thiazole rings is 1. The van der Waals surface area contributed by atoms with Gasteiger partial charge in [-0.1, -0.05) is 41.7 Å². The van der Waals surface area contributed by atoms with Gasteiger partial charge in [-0.3, -0.25) is 9.78 Å². The molecule has 0 bridgehead atoms. The molecule has 6 nitrogen and oxygen atoms in total. The van der Waals surface area contributed by atoms with Gasteiger partial charge in [0, 0.05) is 12.0 Å². The van der Waals surface area contributed by atoms with Crippen LogP contribution < -0.4 is 9.61 Å². The van der Waals surface area contributed by atoms with Crippen LogP contribution in [0.3, 0.4) is 0 Å². The summed E-state index contributed by atoms with van der Waals surface area (Å²) >= 11 is 1.07. The number of rotatable bonds is 9. The summed E-state index contributed by atoms with van der Waals surface area (Å²) in [7, 11) is 0. The first-order valence-corrected chi connectivity index (χ1v) is 11.0. The van der Waals surface area contributed by atoms with Gasteiger partial charge in [-0.2, -0.15) is 0 Å². The van der Waals surface area contributed by atoms with Crippen molar-refractivity contribution in [3.8, 4) is 23.1 Å². The third-order valence-corrected chi connectivity index (χ3v) is 5.95. The lowest BCUT2D eigenvalue weighted by molar-refractivity contribution is 0.320. The van der Waals surface area contributed by atoms with Crippen molar-refractivity contribution in [3.05, 3.63) is 86.2 Å². The van der Waals surface area contributed by atoms with Gasteiger partial charge in [-0.15, -0.1) is 0 Å². The standard InChI is InChI=1S/C24H24N2O4S/c1-16-20(25-23(30-16)18-7-3-2-4-8-18)14-15-29-19-12-10-17(11-13-19)6-5-9-21-22(27)26-24(28)31-21/h2-4,7-8,10-13,27H,5-6,9,14-15H2,1H3,(H,26,28). The molecule has 0 saturated carbocycles. The Labute approximate surface area is 184 Å². The van der Waals surface area contributed by atoms with Crippen molar-refractivity contribution in [2.45, 2.75) is 32.6 Å². The van der Waals surface area contributed by atoms with Gasteiger partial charge in [0.25, 0.3) is 0 Å². The molecule has 160 valence electrons. The van der Waals surface area contributed by atoms with Gasteiger partial charge in [0.2, 0.25) is 11.8 Å². The molecule has 2 aromatic carbocycles. The number of nitrogens with zero attached hydrogens (tertiary/aromatic N) is 1. The van der Waals surface area contributed by atoms with E-state index in [9.17, 15) is 9.90 Å². The van der Waals surface area contributed by atoms with Crippen molar-refractivity contribution in [2.75, 3.05) is 6.61 Å². The van der Waals surface area contributed by atoms with Gasteiger partial charge >= 0.3 is 4.87 Å². The minimum atomic E-state index is -0.217. The molecule has 2 aromatic heterocycles. The van der Waals surface area contributed by atoms with E-state index >= 15 is 0 Å². The Morgan fingerprint density at radius 1 is 1.06 bits per heavy atom. The second-order valence-electron chi connectivity index (χ2n) is 7.27. The van der Waals surface area contributed by atoms with Gasteiger partial charge in [0.15, 0.2) is 0 Å². The van der Waals surface area contributed by atoms with E-state index in [1.54, 1.807) is 0 Å². The number of aryl methyl sites for hydroxylation is 3. The van der Waals surface area contributed by atoms with Crippen molar-refractivity contribution in [1.82, 2.24) is 9.97 Å². The average Bonchev–Trinajstić information content (AvgIpc) is 3.31. The molecule has 0 spiro atoms. The predicted molar refractivity (Wildman–Crippen MR) is 121 cm³/mol. The van der Waals surface area contributed by atoms with E-state index in [0.29, 0.717) is 30.2 Å². The van der Waals surface area contributed by atoms with Crippen molar-refractivity contribution in [2.24, 2.45) is 0 Å². The van der Waals surface area contributed by atoms with E-state index < -0.39 is 0 Å². The third-order valence-electron chi connectivity index (χ3n) is 5.01. The molecule has 2 heterocycles. The summed E-state index contributed by atoms with van der Waals surface area (Å²) < 4.78 is 11.7. The molecule has 31 heavy (non-hydrogen) atoms. The third kappa shape index (κ3) is 5.44. The van der Waals surface area contributed by atoms with Crippen LogP contribution >= 0.6 is 11.3 Å². The van der Waals surface area contributed by atoms with Gasteiger partial charge in [-0.05, 0) is 56.0 Å². The maximum absolute atomic E-state index is 11.2. The zero-order valence-corrected chi connectivity index (χ0v) is 18.1. The first-order valence-electron chi connectivity index (χ1n) is 10.2. The summed E-state index contributed by atoms with van der Waals surface area (Å²) in [5, 5.41) is 9.63. The fourth-order valence-electron chi connectivity index (χ4n) is 3.36. The number of benzene rings is 2. The van der Waals surface area contributed by atoms with E-state index in [1.807, 2.05) is 61.5 Å². The Morgan fingerprint density at radius 3 is 2.55 bits per heavy atom. The van der Waals surface area contributed by atoms with Crippen LogP contribution in [0.15, 0.2) is 63.8 Å². The molecule has 4 aromatic rings. The molecule has 0 amide bonds. The second kappa shape index (κ2) is 9.66. The maximum atomic E-state index is 11.2. The van der Waals surface area contributed by atoms with Crippen LogP contribution in [-0.2, 0) is 19.3 Å². The molecule has 0 fully saturated rings. The smallest absolute Gasteiger partial charge is 0.307 e. The van der Waals surface area contributed by atoms with Crippen LogP contribution in [0, 0.1) is 6.92 Å². The van der Waals surface area contributed by atoms with Crippen molar-refractivity contribution >= 4 is 11.3 Å². The lowest BCUT2D eigenvalue weighted by atomic mass is 10.1. The highest BCUT2D eigenvalue weighted by molar-refractivity contribution is 7.09. The van der Waals surface area contributed by atoms with Gasteiger partial charge < -0.3 is 14.3 Å². The topological polar surface area (TPSA) is 88.4 Å². The molecule has 0 aliphatic heterocycles. The monoisotopic (exact) mass is 436 g/mol. The SMILES string of the molecule is Cc1oc(-c2ccccc2)nc1CCOc1ccc(CCCc2sc(=O)[nH]c2O)cc1. The summed E-state index contributed by atoms with van der Waals surface area (Å²) in [5.41, 5.74) is 3.06. The number of aromatic hydroxyl groups is 1. The molecule has 0 saturated heterocycles. The molecule has 0 aliphatic rings. The van der Waals surface area contributed by atoms with Crippen molar-refractivity contribution in [1.29, 1.82) is 0 Å². The van der Waals surface area contributed by atoms with Crippen LogP contribution in [0.4, 0.5) is 0 Å². The van der Waals surface area contributed by atoms with Gasteiger partial charge in [0.1, 0.15) is 11.5 Å². The lowest BCUT2D eigenvalue weighted by Crippen LogP contribution is -2.02. The maximum Gasteiger partial charge on any atom is 0.307 e. The van der Waals surface area contributed by atoms with Crippen LogP contribution in [0.25, 0.3) is 11.5 Å². The highest BCUT2D eigenvalue weighted by Gasteiger charge is 2.11. The zero-order valence-electron chi connectivity index (χ0n) is 17.3. The Hall–Kier alpha value is -3.32. The Morgan fingerprint density at radius 2 is 1.84 bits per heavy atom. The largest absolute Gasteiger partial charge is 0.494 e. The molecule has 7 heteroatoms. The number of nitrogens with one attached hydrogen (secondary N) is 1. The average molecular weight is 437 g/mol. The molecule has 0 unspecified atom stereocenters. The number of aromatic amines is 1. The minimum Gasteiger partial charge on any atom is -0.494 e. The number of aromatic nitrogens is 2. The van der Waals surface area contributed by atoms with E-state index in [2.05, 4.69) is 9.97 Å². The molecular weight excluding hydrogens is 412 g/mol. The summed E-state index contributed by atoms with van der Waals surface area (Å²) in [6.07, 6.45) is 3.07. The Balaban J connectivity index is 1.25. The summed E-state index contributed by atoms with van der Waals surface area (Å²) in [5.74, 6) is 2.26. The van der Waals surface area contributed by atoms with Crippen LogP contribution in [-0.4, -0.2) is 21.7 Å². The van der Waals surface area contributed by atoms with Crippen LogP contribution in [0.2, 0.25) is 0 Å². The predicted octanol–water partition coefficient (Wildman–Crippen LogP) is 4.90. The Kier molecular flexibility index (Phi) is 6.52. The fraction of sp³-hybridized carbons (Fsp3) is 0.250. The van der Waals surface area contributed by atoms with E-state index in [-0.39, 0.29) is 10.8 Å². The van der Waals surface area contributed by atoms with Crippen molar-refractivity contribution < 1.29 is 14.3 Å². The molecule has 0 aliphatic carbocycles. The van der Waals surface area contributed by atoms with E-state index in [1.165, 1.54) is 5.56 Å². The normalized spacial score (nSPS) is 11.0. The Bertz CT molecular complexity index is 1180. The van der Waals surface area contributed by atoms with Gasteiger partial charge in [-0.25, -0.2) is 4.98 Å². The fourth-order valence-corrected chi connectivity index (χ4v) is 4.12. The number of oxazole rings is 1. The summed E-state index contributed by atoms with van der Waals surface area (Å²) in [6, 6.07) is 17.9. The van der Waals surface area contributed by atoms with Crippen molar-refractivity contribution in [3.63, 3.8) is 0 Å². The molecule has 0 atom stereocenters. The van der Waals surface area contributed by atoms with E-state index in [4.69, 9.17) is 9.15 Å². The highest BCUT2D eigenvalue weighted by Crippen LogP contribution is 2.22. The molecule has 0 radical (unpaired) electrons. The second-order valence-corrected chi connectivity index (χ2v) is 8.34. The number of hydrogen-bond acceptors (Lipinski definition) is 6. The number of ether oxygens (including phenoxy) is 1. The molecular formula is C24H24N2O4S. The van der Waals surface area contributed by atoms with Crippen LogP contribution in [0.1, 0.15) is 28.3 Å². The lowest BCUT2D eigenvalue weighted by Gasteiger charge is -2.07. The molecule has 4 rings (SSSR count). The number of hydrogen-bond donors (Lipinski definition) is 2. The van der Waals surface area contributed by atoms with Crippen LogP contribution in [0.5, 0.6) is 11.6 Å². The summed E-state index contributed by atoms with van der Waals surface area (Å²) in [4.78, 5) is 18.7. The summed E-state index contributed by atoms with van der Waals surface area (Å²) in [6.45, 7) is 2.45. The number of H-pyrrole nitrogens is 1. The first-order chi connectivity index (χ1) is 15.1.